The topological polar surface area (TPSA) is 73.1 Å². The van der Waals surface area contributed by atoms with Gasteiger partial charge in [0.05, 0.1) is 18.9 Å². The van der Waals surface area contributed by atoms with Crippen LogP contribution in [0.15, 0.2) is 59.8 Å². The molecular weight excluding hydrogens is 398 g/mol. The van der Waals surface area contributed by atoms with E-state index in [0.717, 1.165) is 11.3 Å². The number of nitrogens with zero attached hydrogens (tertiary/aromatic N) is 5. The van der Waals surface area contributed by atoms with Crippen LogP contribution in [0.1, 0.15) is 10.8 Å². The summed E-state index contributed by atoms with van der Waals surface area (Å²) in [5, 5.41) is 12.7. The van der Waals surface area contributed by atoms with Crippen LogP contribution in [0.4, 0.5) is 0 Å². The highest BCUT2D eigenvalue weighted by atomic mass is 35.5. The summed E-state index contributed by atoms with van der Waals surface area (Å²) in [5.41, 5.74) is 1.65. The van der Waals surface area contributed by atoms with E-state index >= 15 is 0 Å². The number of halogens is 1. The number of aromatic nitrogens is 4. The fourth-order valence-electron chi connectivity index (χ4n) is 2.97. The fraction of sp³-hybridized carbons (Fsp3) is 0.263. The van der Waals surface area contributed by atoms with Crippen LogP contribution in [0.5, 0.6) is 0 Å². The van der Waals surface area contributed by atoms with Gasteiger partial charge in [0, 0.05) is 18.1 Å². The third kappa shape index (κ3) is 4.19. The lowest BCUT2D eigenvalue weighted by Crippen LogP contribution is -2.42. The van der Waals surface area contributed by atoms with Gasteiger partial charge in [-0.15, -0.1) is 5.10 Å². The average Bonchev–Trinajstić information content (AvgIpc) is 3.21. The number of morpholine rings is 1. The second kappa shape index (κ2) is 8.72. The summed E-state index contributed by atoms with van der Waals surface area (Å²) in [6.45, 7) is 2.28. The van der Waals surface area contributed by atoms with Crippen molar-refractivity contribution in [3.63, 3.8) is 0 Å². The van der Waals surface area contributed by atoms with E-state index in [1.807, 2.05) is 47.4 Å². The van der Waals surface area contributed by atoms with Gasteiger partial charge in [0.15, 0.2) is 0 Å². The van der Waals surface area contributed by atoms with Crippen molar-refractivity contribution < 1.29 is 9.53 Å². The molecule has 0 unspecified atom stereocenters. The molecule has 0 aliphatic carbocycles. The zero-order valence-corrected chi connectivity index (χ0v) is 16.5. The van der Waals surface area contributed by atoms with Gasteiger partial charge in [-0.25, -0.2) is 0 Å². The molecule has 1 saturated heterocycles. The molecule has 144 valence electrons. The third-order valence-corrected chi connectivity index (χ3v) is 5.78. The summed E-state index contributed by atoms with van der Waals surface area (Å²) < 4.78 is 6.98. The highest BCUT2D eigenvalue weighted by Gasteiger charge is 2.30. The van der Waals surface area contributed by atoms with Crippen molar-refractivity contribution in [2.24, 2.45) is 0 Å². The molecule has 7 nitrogen and oxygen atoms in total. The maximum Gasteiger partial charge on any atom is 0.240 e. The van der Waals surface area contributed by atoms with Gasteiger partial charge in [-0.1, -0.05) is 59.8 Å². The van der Waals surface area contributed by atoms with Crippen LogP contribution in [0.25, 0.3) is 5.69 Å². The summed E-state index contributed by atoms with van der Waals surface area (Å²) >= 11 is 7.44. The molecular formula is C19H18ClN5O2S. The van der Waals surface area contributed by atoms with Gasteiger partial charge in [-0.05, 0) is 34.2 Å². The SMILES string of the molecule is O=C([C@@H](Sc1nnnn1-c1cccc(Cl)c1)c1ccccc1)N1CCOCC1. The summed E-state index contributed by atoms with van der Waals surface area (Å²) in [5.74, 6) is 0.0279. The lowest BCUT2D eigenvalue weighted by atomic mass is 10.1. The first-order valence-corrected chi connectivity index (χ1v) is 10.1. The van der Waals surface area contributed by atoms with Crippen LogP contribution in [0.2, 0.25) is 5.02 Å². The molecule has 1 amide bonds. The highest BCUT2D eigenvalue weighted by molar-refractivity contribution is 8.00. The van der Waals surface area contributed by atoms with E-state index in [1.54, 1.807) is 16.8 Å². The van der Waals surface area contributed by atoms with Crippen molar-refractivity contribution in [1.29, 1.82) is 0 Å². The van der Waals surface area contributed by atoms with Gasteiger partial charge in [-0.2, -0.15) is 4.68 Å². The molecule has 1 atom stereocenters. The van der Waals surface area contributed by atoms with Crippen molar-refractivity contribution >= 4 is 29.3 Å². The number of amides is 1. The molecule has 28 heavy (non-hydrogen) atoms. The first-order valence-electron chi connectivity index (χ1n) is 8.85. The van der Waals surface area contributed by atoms with Crippen molar-refractivity contribution in [3.8, 4) is 5.69 Å². The monoisotopic (exact) mass is 415 g/mol. The molecule has 1 aliphatic rings. The van der Waals surface area contributed by atoms with Gasteiger partial charge < -0.3 is 9.64 Å². The van der Waals surface area contributed by atoms with Gasteiger partial charge >= 0.3 is 0 Å². The summed E-state index contributed by atoms with van der Waals surface area (Å²) in [6.07, 6.45) is 0. The molecule has 0 radical (unpaired) electrons. The summed E-state index contributed by atoms with van der Waals surface area (Å²) in [6, 6.07) is 17.0. The number of ether oxygens (including phenoxy) is 1. The van der Waals surface area contributed by atoms with Crippen LogP contribution in [0, 0.1) is 0 Å². The van der Waals surface area contributed by atoms with Crippen LogP contribution in [0.3, 0.4) is 0 Å². The van der Waals surface area contributed by atoms with Crippen molar-refractivity contribution in [1.82, 2.24) is 25.1 Å². The number of hydrogen-bond acceptors (Lipinski definition) is 6. The molecule has 1 fully saturated rings. The zero-order valence-electron chi connectivity index (χ0n) is 14.9. The molecule has 1 aromatic heterocycles. The van der Waals surface area contributed by atoms with Crippen LogP contribution in [-0.2, 0) is 9.53 Å². The number of carbonyl (C=O) groups is 1. The van der Waals surface area contributed by atoms with Crippen LogP contribution >= 0.6 is 23.4 Å². The summed E-state index contributed by atoms with van der Waals surface area (Å²) in [4.78, 5) is 15.1. The average molecular weight is 416 g/mol. The van der Waals surface area contributed by atoms with Gasteiger partial charge in [0.2, 0.25) is 11.1 Å². The number of hydrogen-bond donors (Lipinski definition) is 0. The van der Waals surface area contributed by atoms with E-state index in [1.165, 1.54) is 11.8 Å². The minimum absolute atomic E-state index is 0.0279. The number of benzene rings is 2. The smallest absolute Gasteiger partial charge is 0.240 e. The Hall–Kier alpha value is -2.42. The summed E-state index contributed by atoms with van der Waals surface area (Å²) in [7, 11) is 0. The van der Waals surface area contributed by atoms with Crippen molar-refractivity contribution in [2.75, 3.05) is 26.3 Å². The van der Waals surface area contributed by atoms with Crippen LogP contribution < -0.4 is 0 Å². The van der Waals surface area contributed by atoms with E-state index in [-0.39, 0.29) is 5.91 Å². The van der Waals surface area contributed by atoms with Gasteiger partial charge in [0.1, 0.15) is 5.25 Å². The quantitative estimate of drug-likeness (QED) is 0.596. The largest absolute Gasteiger partial charge is 0.378 e. The zero-order chi connectivity index (χ0) is 19.3. The lowest BCUT2D eigenvalue weighted by molar-refractivity contribution is -0.134. The van der Waals surface area contributed by atoms with Crippen molar-refractivity contribution in [3.05, 3.63) is 65.2 Å². The maximum absolute atomic E-state index is 13.3. The highest BCUT2D eigenvalue weighted by Crippen LogP contribution is 2.36. The van der Waals surface area contributed by atoms with Crippen LogP contribution in [-0.4, -0.2) is 57.3 Å². The Labute approximate surface area is 171 Å². The fourth-order valence-corrected chi connectivity index (χ4v) is 4.23. The van der Waals surface area contributed by atoms with Crippen molar-refractivity contribution in [2.45, 2.75) is 10.4 Å². The first kappa shape index (κ1) is 18.9. The Morgan fingerprint density at radius 3 is 2.64 bits per heavy atom. The molecule has 0 bridgehead atoms. The third-order valence-electron chi connectivity index (χ3n) is 4.37. The predicted octanol–water partition coefficient (Wildman–Crippen LogP) is 3.01. The Kier molecular flexibility index (Phi) is 5.90. The minimum atomic E-state index is -0.455. The number of rotatable bonds is 5. The predicted molar refractivity (Wildman–Crippen MR) is 107 cm³/mol. The molecule has 2 heterocycles. The number of carbonyl (C=O) groups excluding carboxylic acids is 1. The molecule has 2 aromatic carbocycles. The van der Waals surface area contributed by atoms with E-state index < -0.39 is 5.25 Å². The molecule has 4 rings (SSSR count). The maximum atomic E-state index is 13.3. The lowest BCUT2D eigenvalue weighted by Gasteiger charge is -2.30. The van der Waals surface area contributed by atoms with Gasteiger partial charge in [-0.3, -0.25) is 4.79 Å². The number of tetrazole rings is 1. The second-order valence-electron chi connectivity index (χ2n) is 6.20. The Morgan fingerprint density at radius 2 is 1.89 bits per heavy atom. The molecule has 0 spiro atoms. The normalized spacial score (nSPS) is 15.4. The Morgan fingerprint density at radius 1 is 1.11 bits per heavy atom. The second-order valence-corrected chi connectivity index (χ2v) is 7.71. The molecule has 0 saturated carbocycles. The van der Waals surface area contributed by atoms with E-state index in [2.05, 4.69) is 15.5 Å². The molecule has 1 aliphatic heterocycles. The molecule has 9 heteroatoms. The molecule has 0 N–H and O–H groups in total. The van der Waals surface area contributed by atoms with Gasteiger partial charge in [0.25, 0.3) is 0 Å². The molecule has 3 aromatic rings. The first-order chi connectivity index (χ1) is 13.7. The van der Waals surface area contributed by atoms with E-state index in [4.69, 9.17) is 16.3 Å². The van der Waals surface area contributed by atoms with E-state index in [0.29, 0.717) is 36.5 Å². The Bertz CT molecular complexity index is 946. The number of thioether (sulfide) groups is 1. The minimum Gasteiger partial charge on any atom is -0.378 e. The van der Waals surface area contributed by atoms with E-state index in [9.17, 15) is 4.79 Å². The standard InChI is InChI=1S/C19H18ClN5O2S/c20-15-7-4-8-16(13-15)25-19(21-22-23-25)28-17(14-5-2-1-3-6-14)18(26)24-9-11-27-12-10-24/h1-8,13,17H,9-12H2/t17-/m0/s1. The Balaban J connectivity index is 1.65.